The largest absolute Gasteiger partial charge is 0.465 e. The quantitative estimate of drug-likeness (QED) is 0.683. The van der Waals surface area contributed by atoms with E-state index in [2.05, 4.69) is 4.72 Å². The van der Waals surface area contributed by atoms with E-state index in [1.54, 1.807) is 17.0 Å². The van der Waals surface area contributed by atoms with Gasteiger partial charge in [-0.2, -0.15) is 0 Å². The van der Waals surface area contributed by atoms with Crippen LogP contribution < -0.4 is 4.72 Å². The van der Waals surface area contributed by atoms with Crippen LogP contribution in [0.5, 0.6) is 0 Å². The molecule has 0 bridgehead atoms. The van der Waals surface area contributed by atoms with Crippen molar-refractivity contribution in [2.24, 2.45) is 5.41 Å². The molecular formula is C20H23ClN2O5S2. The van der Waals surface area contributed by atoms with E-state index in [1.807, 2.05) is 20.8 Å². The third-order valence-electron chi connectivity index (χ3n) is 4.68. The van der Waals surface area contributed by atoms with Gasteiger partial charge in [0.15, 0.2) is 4.21 Å². The molecule has 1 aliphatic rings. The first kappa shape index (κ1) is 22.6. The average Bonchev–Trinajstić information content (AvgIpc) is 3.07. The first-order chi connectivity index (χ1) is 13.9. The van der Waals surface area contributed by atoms with Crippen molar-refractivity contribution >= 4 is 50.5 Å². The second kappa shape index (κ2) is 8.20. The maximum atomic E-state index is 13.1. The van der Waals surface area contributed by atoms with E-state index < -0.39 is 21.4 Å². The van der Waals surface area contributed by atoms with Crippen molar-refractivity contribution < 1.29 is 22.7 Å². The second-order valence-electron chi connectivity index (χ2n) is 8.00. The van der Waals surface area contributed by atoms with Crippen LogP contribution in [-0.2, 0) is 32.5 Å². The van der Waals surface area contributed by atoms with Crippen LogP contribution in [0.3, 0.4) is 0 Å². The zero-order valence-corrected chi connectivity index (χ0v) is 19.5. The fourth-order valence-electron chi connectivity index (χ4n) is 3.24. The number of hydrogen-bond acceptors (Lipinski definition) is 6. The van der Waals surface area contributed by atoms with Gasteiger partial charge in [-0.05, 0) is 36.2 Å². The Morgan fingerprint density at radius 1 is 1.20 bits per heavy atom. The number of carbonyl (C=O) groups excluding carboxylic acids is 2. The van der Waals surface area contributed by atoms with Crippen molar-refractivity contribution in [3.8, 4) is 0 Å². The highest BCUT2D eigenvalue weighted by molar-refractivity contribution is 7.94. The van der Waals surface area contributed by atoms with Crippen LogP contribution in [-0.4, -0.2) is 38.8 Å². The van der Waals surface area contributed by atoms with E-state index in [1.165, 1.54) is 19.2 Å². The van der Waals surface area contributed by atoms with Crippen molar-refractivity contribution in [2.75, 3.05) is 18.4 Å². The topological polar surface area (TPSA) is 92.8 Å². The number of esters is 1. The van der Waals surface area contributed by atoms with Gasteiger partial charge in [0.05, 0.1) is 19.2 Å². The van der Waals surface area contributed by atoms with Crippen LogP contribution in [0.25, 0.3) is 0 Å². The van der Waals surface area contributed by atoms with Crippen LogP contribution in [0.2, 0.25) is 5.02 Å². The van der Waals surface area contributed by atoms with E-state index >= 15 is 0 Å². The number of fused-ring (bicyclic) bond motifs is 1. The van der Waals surface area contributed by atoms with Gasteiger partial charge in [-0.3, -0.25) is 9.52 Å². The molecule has 162 valence electrons. The number of sulfonamides is 1. The Morgan fingerprint density at radius 2 is 1.83 bits per heavy atom. The Kier molecular flexibility index (Phi) is 6.18. The molecule has 1 aliphatic heterocycles. The maximum Gasteiger partial charge on any atom is 0.340 e. The fraction of sp³-hybridized carbons (Fsp3) is 0.400. The van der Waals surface area contributed by atoms with E-state index in [0.717, 1.165) is 11.3 Å². The first-order valence-corrected chi connectivity index (χ1v) is 11.9. The lowest BCUT2D eigenvalue weighted by molar-refractivity contribution is -0.140. The number of rotatable bonds is 4. The molecular weight excluding hydrogens is 448 g/mol. The van der Waals surface area contributed by atoms with Crippen LogP contribution in [0, 0.1) is 5.41 Å². The summed E-state index contributed by atoms with van der Waals surface area (Å²) in [5, 5.41) is 0.475. The van der Waals surface area contributed by atoms with Crippen LogP contribution in [0.1, 0.15) is 41.6 Å². The predicted octanol–water partition coefficient (Wildman–Crippen LogP) is 3.92. The third-order valence-corrected chi connectivity index (χ3v) is 8.05. The highest BCUT2D eigenvalue weighted by Crippen LogP contribution is 2.38. The van der Waals surface area contributed by atoms with Crippen LogP contribution >= 0.6 is 22.9 Å². The smallest absolute Gasteiger partial charge is 0.340 e. The minimum Gasteiger partial charge on any atom is -0.465 e. The minimum atomic E-state index is -4.05. The number of anilines is 1. The van der Waals surface area contributed by atoms with Crippen molar-refractivity contribution in [2.45, 2.75) is 37.9 Å². The molecule has 0 atom stereocenters. The fourth-order valence-corrected chi connectivity index (χ4v) is 6.33. The number of methoxy groups -OCH3 is 1. The van der Waals surface area contributed by atoms with Gasteiger partial charge < -0.3 is 9.64 Å². The summed E-state index contributed by atoms with van der Waals surface area (Å²) < 4.78 is 33.4. The van der Waals surface area contributed by atoms with Crippen molar-refractivity contribution in [1.82, 2.24) is 4.90 Å². The number of hydrogen-bond donors (Lipinski definition) is 1. The SMILES string of the molecule is COC(=O)c1c(S(=O)(=O)Nc2ccc(Cl)cc2)sc2c1CCN(C(=O)C(C)(C)C)C2. The monoisotopic (exact) mass is 470 g/mol. The summed E-state index contributed by atoms with van der Waals surface area (Å²) in [7, 11) is -2.84. The lowest BCUT2D eigenvalue weighted by atomic mass is 9.93. The number of nitrogens with zero attached hydrogens (tertiary/aromatic N) is 1. The summed E-state index contributed by atoms with van der Waals surface area (Å²) in [4.78, 5) is 27.5. The molecule has 0 aliphatic carbocycles. The van der Waals surface area contributed by atoms with E-state index in [4.69, 9.17) is 16.3 Å². The standard InChI is InChI=1S/C20H23ClN2O5S2/c1-20(2,3)19(25)23-10-9-14-15(11-23)29-18(16(14)17(24)28-4)30(26,27)22-13-7-5-12(21)6-8-13/h5-8,22H,9-11H2,1-4H3. The van der Waals surface area contributed by atoms with Gasteiger partial charge in [0.1, 0.15) is 0 Å². The summed E-state index contributed by atoms with van der Waals surface area (Å²) >= 11 is 6.85. The summed E-state index contributed by atoms with van der Waals surface area (Å²) in [5.74, 6) is -0.732. The molecule has 2 heterocycles. The van der Waals surface area contributed by atoms with Crippen molar-refractivity contribution in [3.63, 3.8) is 0 Å². The van der Waals surface area contributed by atoms with Gasteiger partial charge in [-0.1, -0.05) is 32.4 Å². The van der Waals surface area contributed by atoms with Gasteiger partial charge >= 0.3 is 5.97 Å². The zero-order valence-electron chi connectivity index (χ0n) is 17.1. The number of amides is 1. The van der Waals surface area contributed by atoms with E-state index in [0.29, 0.717) is 34.1 Å². The summed E-state index contributed by atoms with van der Waals surface area (Å²) in [6.07, 6.45) is 0.383. The number of ether oxygens (including phenoxy) is 1. The number of carbonyl (C=O) groups is 2. The lowest BCUT2D eigenvalue weighted by Gasteiger charge is -2.32. The molecule has 1 aromatic carbocycles. The van der Waals surface area contributed by atoms with E-state index in [9.17, 15) is 18.0 Å². The maximum absolute atomic E-state index is 13.1. The molecule has 0 radical (unpaired) electrons. The van der Waals surface area contributed by atoms with E-state index in [-0.39, 0.29) is 22.2 Å². The molecule has 7 nitrogen and oxygen atoms in total. The Balaban J connectivity index is 2.01. The summed E-state index contributed by atoms with van der Waals surface area (Å²) in [5.41, 5.74) is 0.444. The number of nitrogens with one attached hydrogen (secondary N) is 1. The highest BCUT2D eigenvalue weighted by atomic mass is 35.5. The minimum absolute atomic E-state index is 0.0233. The van der Waals surface area contributed by atoms with Crippen molar-refractivity contribution in [1.29, 1.82) is 0 Å². The molecule has 1 amide bonds. The Labute approximate surface area is 185 Å². The molecule has 0 saturated heterocycles. The lowest BCUT2D eigenvalue weighted by Crippen LogP contribution is -2.42. The van der Waals surface area contributed by atoms with Gasteiger partial charge in [0, 0.05) is 27.5 Å². The highest BCUT2D eigenvalue weighted by Gasteiger charge is 2.37. The Morgan fingerprint density at radius 3 is 2.40 bits per heavy atom. The summed E-state index contributed by atoms with van der Waals surface area (Å²) in [6.45, 7) is 6.19. The number of thiophene rings is 1. The molecule has 0 fully saturated rings. The van der Waals surface area contributed by atoms with Crippen molar-refractivity contribution in [3.05, 3.63) is 45.3 Å². The molecule has 10 heteroatoms. The first-order valence-electron chi connectivity index (χ1n) is 9.24. The molecule has 0 saturated carbocycles. The average molecular weight is 471 g/mol. The molecule has 30 heavy (non-hydrogen) atoms. The van der Waals surface area contributed by atoms with Gasteiger partial charge in [0.25, 0.3) is 10.0 Å². The molecule has 2 aromatic rings. The Hall–Kier alpha value is -2.10. The molecule has 0 unspecified atom stereocenters. The third kappa shape index (κ3) is 4.48. The van der Waals surface area contributed by atoms with Crippen LogP contribution in [0.4, 0.5) is 5.69 Å². The number of halogens is 1. The molecule has 0 spiro atoms. The van der Waals surface area contributed by atoms with Gasteiger partial charge in [-0.15, -0.1) is 11.3 Å². The second-order valence-corrected chi connectivity index (χ2v) is 11.4. The van der Waals surface area contributed by atoms with Crippen LogP contribution in [0.15, 0.2) is 28.5 Å². The molecule has 3 rings (SSSR count). The zero-order chi connectivity index (χ0) is 22.3. The normalized spacial score (nSPS) is 14.2. The summed E-state index contributed by atoms with van der Waals surface area (Å²) in [6, 6.07) is 6.20. The number of benzene rings is 1. The van der Waals surface area contributed by atoms with Gasteiger partial charge in [-0.25, -0.2) is 13.2 Å². The predicted molar refractivity (Wildman–Crippen MR) is 116 cm³/mol. The Bertz CT molecular complexity index is 1090. The van der Waals surface area contributed by atoms with Gasteiger partial charge in [0.2, 0.25) is 5.91 Å². The molecule has 1 N–H and O–H groups in total. The molecule has 1 aromatic heterocycles.